The van der Waals surface area contributed by atoms with Crippen LogP contribution in [0.1, 0.15) is 31.9 Å². The second kappa shape index (κ2) is 10.3. The van der Waals surface area contributed by atoms with Crippen LogP contribution in [0.5, 0.6) is 0 Å². The predicted octanol–water partition coefficient (Wildman–Crippen LogP) is -1.99. The second-order valence-corrected chi connectivity index (χ2v) is 6.78. The Hall–Kier alpha value is -3.77. The first-order valence-electron chi connectivity index (χ1n) is 9.41. The van der Waals surface area contributed by atoms with Crippen molar-refractivity contribution in [3.05, 3.63) is 32.6 Å². The Morgan fingerprint density at radius 1 is 1.29 bits per heavy atom. The van der Waals surface area contributed by atoms with Gasteiger partial charge in [-0.1, -0.05) is 0 Å². The van der Waals surface area contributed by atoms with Gasteiger partial charge in [-0.3, -0.25) is 24.0 Å². The summed E-state index contributed by atoms with van der Waals surface area (Å²) < 4.78 is 4.76. The van der Waals surface area contributed by atoms with E-state index < -0.39 is 58.8 Å². The number of esters is 1. The number of anilines is 1. The SMILES string of the molecule is COC(=O)[C@@H]1CCCN1C(=O)CCc1nc(=O)c(NC(=O)CNC(C)=O)cn(O)c1=O. The molecule has 0 radical (unpaired) electrons. The molecular weight excluding hydrogens is 414 g/mol. The molecule has 0 unspecified atom stereocenters. The second-order valence-electron chi connectivity index (χ2n) is 6.78. The molecule has 31 heavy (non-hydrogen) atoms. The summed E-state index contributed by atoms with van der Waals surface area (Å²) in [6.45, 7) is 1.13. The summed E-state index contributed by atoms with van der Waals surface area (Å²) in [4.78, 5) is 76.4. The number of carbonyl (C=O) groups excluding carboxylic acids is 4. The zero-order chi connectivity index (χ0) is 23.1. The van der Waals surface area contributed by atoms with Crippen molar-refractivity contribution < 1.29 is 29.1 Å². The van der Waals surface area contributed by atoms with Crippen LogP contribution in [0.2, 0.25) is 0 Å². The lowest BCUT2D eigenvalue weighted by Gasteiger charge is -2.22. The molecule has 1 aliphatic rings. The van der Waals surface area contributed by atoms with Crippen LogP contribution in [-0.4, -0.2) is 69.8 Å². The highest BCUT2D eigenvalue weighted by atomic mass is 16.5. The standard InChI is InChI=1S/C18H23N5O8/c1-10(24)19-8-14(25)20-12-9-23(30)17(28)11(21-16(12)27)5-6-15(26)22-7-3-4-13(22)18(29)31-2/h9,13,30H,3-8H2,1-2H3,(H,19,24)(H,20,25)/t13-/m0/s1. The Morgan fingerprint density at radius 2 is 2.00 bits per heavy atom. The van der Waals surface area contributed by atoms with Gasteiger partial charge in [0, 0.05) is 26.3 Å². The van der Waals surface area contributed by atoms with Crippen molar-refractivity contribution in [2.75, 3.05) is 25.5 Å². The number of methoxy groups -OCH3 is 1. The highest BCUT2D eigenvalue weighted by Crippen LogP contribution is 2.19. The van der Waals surface area contributed by atoms with E-state index >= 15 is 0 Å². The van der Waals surface area contributed by atoms with E-state index in [0.29, 0.717) is 25.6 Å². The molecule has 1 atom stereocenters. The van der Waals surface area contributed by atoms with E-state index in [2.05, 4.69) is 20.4 Å². The Morgan fingerprint density at radius 3 is 2.65 bits per heavy atom. The van der Waals surface area contributed by atoms with Crippen LogP contribution in [-0.2, 0) is 30.3 Å². The van der Waals surface area contributed by atoms with Crippen LogP contribution in [0.3, 0.4) is 0 Å². The van der Waals surface area contributed by atoms with Gasteiger partial charge in [-0.05, 0) is 12.8 Å². The molecule has 13 heteroatoms. The van der Waals surface area contributed by atoms with Gasteiger partial charge >= 0.3 is 11.5 Å². The van der Waals surface area contributed by atoms with Gasteiger partial charge in [-0.25, -0.2) is 9.78 Å². The third-order valence-corrected chi connectivity index (χ3v) is 4.57. The summed E-state index contributed by atoms with van der Waals surface area (Å²) in [5, 5.41) is 14.2. The van der Waals surface area contributed by atoms with Gasteiger partial charge in [0.15, 0.2) is 0 Å². The lowest BCUT2D eigenvalue weighted by molar-refractivity contribution is -0.150. The number of amides is 3. The Kier molecular flexibility index (Phi) is 7.82. The van der Waals surface area contributed by atoms with Gasteiger partial charge in [0.1, 0.15) is 17.4 Å². The van der Waals surface area contributed by atoms with Crippen LogP contribution >= 0.6 is 0 Å². The van der Waals surface area contributed by atoms with E-state index in [0.717, 1.165) is 0 Å². The zero-order valence-electron chi connectivity index (χ0n) is 17.0. The number of ether oxygens (including phenoxy) is 1. The maximum atomic E-state index is 12.5. The van der Waals surface area contributed by atoms with Crippen LogP contribution in [0, 0.1) is 0 Å². The molecule has 0 saturated carbocycles. The fourth-order valence-corrected chi connectivity index (χ4v) is 3.06. The minimum absolute atomic E-state index is 0.0787. The quantitative estimate of drug-likeness (QED) is 0.322. The van der Waals surface area contributed by atoms with Crippen molar-refractivity contribution in [2.24, 2.45) is 0 Å². The minimum Gasteiger partial charge on any atom is -0.467 e. The maximum absolute atomic E-state index is 12.5. The summed E-state index contributed by atoms with van der Waals surface area (Å²) >= 11 is 0. The third kappa shape index (κ3) is 6.10. The largest absolute Gasteiger partial charge is 0.467 e. The molecule has 3 amide bonds. The van der Waals surface area contributed by atoms with E-state index in [1.54, 1.807) is 0 Å². The van der Waals surface area contributed by atoms with Crippen LogP contribution in [0.15, 0.2) is 15.8 Å². The first-order valence-corrected chi connectivity index (χ1v) is 9.41. The van der Waals surface area contributed by atoms with Gasteiger partial charge in [0.25, 0.3) is 5.56 Å². The third-order valence-electron chi connectivity index (χ3n) is 4.57. The molecule has 1 saturated heterocycles. The Bertz CT molecular complexity index is 1010. The molecule has 2 rings (SSSR count). The molecule has 0 aromatic carbocycles. The van der Waals surface area contributed by atoms with E-state index in [4.69, 9.17) is 0 Å². The van der Waals surface area contributed by atoms with E-state index in [1.165, 1.54) is 18.9 Å². The number of likely N-dealkylation sites (tertiary alicyclic amines) is 1. The number of nitrogens with one attached hydrogen (secondary N) is 2. The molecule has 1 aliphatic heterocycles. The zero-order valence-corrected chi connectivity index (χ0v) is 17.0. The van der Waals surface area contributed by atoms with Crippen LogP contribution < -0.4 is 21.8 Å². The molecule has 1 fully saturated rings. The molecule has 0 aliphatic carbocycles. The minimum atomic E-state index is -1.04. The van der Waals surface area contributed by atoms with Crippen molar-refractivity contribution in [2.45, 2.75) is 38.6 Å². The van der Waals surface area contributed by atoms with E-state index in [9.17, 15) is 34.0 Å². The first-order chi connectivity index (χ1) is 14.6. The lowest BCUT2D eigenvalue weighted by atomic mass is 10.2. The van der Waals surface area contributed by atoms with Gasteiger partial charge in [-0.15, -0.1) is 0 Å². The van der Waals surface area contributed by atoms with Gasteiger partial charge < -0.3 is 25.5 Å². The highest BCUT2D eigenvalue weighted by molar-refractivity contribution is 5.93. The topological polar surface area (TPSA) is 177 Å². The number of hydrogen-bond acceptors (Lipinski definition) is 9. The molecule has 2 heterocycles. The fourth-order valence-electron chi connectivity index (χ4n) is 3.06. The van der Waals surface area contributed by atoms with Crippen LogP contribution in [0.25, 0.3) is 0 Å². The van der Waals surface area contributed by atoms with Crippen molar-refractivity contribution in [1.82, 2.24) is 19.9 Å². The summed E-state index contributed by atoms with van der Waals surface area (Å²) in [5.74, 6) is -2.20. The van der Waals surface area contributed by atoms with E-state index in [-0.39, 0.29) is 17.6 Å². The van der Waals surface area contributed by atoms with Crippen molar-refractivity contribution in [1.29, 1.82) is 0 Å². The van der Waals surface area contributed by atoms with Gasteiger partial charge in [-0.2, -0.15) is 4.73 Å². The molecule has 0 bridgehead atoms. The van der Waals surface area contributed by atoms with Crippen molar-refractivity contribution >= 4 is 29.4 Å². The average Bonchev–Trinajstić information content (AvgIpc) is 3.19. The molecular formula is C18H23N5O8. The van der Waals surface area contributed by atoms with Crippen molar-refractivity contribution in [3.8, 4) is 0 Å². The molecule has 13 nitrogen and oxygen atoms in total. The summed E-state index contributed by atoms with van der Waals surface area (Å²) in [5.41, 5.74) is -2.94. The van der Waals surface area contributed by atoms with E-state index in [1.807, 2.05) is 0 Å². The number of nitrogens with zero attached hydrogens (tertiary/aromatic N) is 3. The first kappa shape index (κ1) is 23.5. The van der Waals surface area contributed by atoms with Gasteiger partial charge in [0.05, 0.1) is 19.9 Å². The molecule has 168 valence electrons. The number of carbonyl (C=O) groups is 4. The molecule has 0 spiro atoms. The fraction of sp³-hybridized carbons (Fsp3) is 0.500. The molecule has 3 N–H and O–H groups in total. The Balaban J connectivity index is 2.16. The smallest absolute Gasteiger partial charge is 0.328 e. The number of rotatable bonds is 7. The summed E-state index contributed by atoms with van der Waals surface area (Å²) in [6.07, 6.45) is 1.27. The summed E-state index contributed by atoms with van der Waals surface area (Å²) in [7, 11) is 1.23. The average molecular weight is 437 g/mol. The predicted molar refractivity (Wildman–Crippen MR) is 104 cm³/mol. The van der Waals surface area contributed by atoms with Crippen molar-refractivity contribution in [3.63, 3.8) is 0 Å². The van der Waals surface area contributed by atoms with Gasteiger partial charge in [0.2, 0.25) is 17.7 Å². The van der Waals surface area contributed by atoms with Crippen LogP contribution in [0.4, 0.5) is 5.69 Å². The molecule has 1 aromatic rings. The molecule has 1 aromatic heterocycles. The summed E-state index contributed by atoms with van der Waals surface area (Å²) in [6, 6.07) is -0.702. The number of hydrogen-bond donors (Lipinski definition) is 3. The lowest BCUT2D eigenvalue weighted by Crippen LogP contribution is -2.41. The number of aromatic nitrogens is 2. The highest BCUT2D eigenvalue weighted by Gasteiger charge is 2.34. The Labute approximate surface area is 176 Å². The number of aryl methyl sites for hydroxylation is 1. The monoisotopic (exact) mass is 437 g/mol. The maximum Gasteiger partial charge on any atom is 0.328 e. The normalized spacial score (nSPS) is 15.3.